The van der Waals surface area contributed by atoms with E-state index < -0.39 is 0 Å². The minimum Gasteiger partial charge on any atom is -0.699 e. The van der Waals surface area contributed by atoms with Crippen molar-refractivity contribution in [2.24, 2.45) is 0 Å². The van der Waals surface area contributed by atoms with Crippen LogP contribution in [0.25, 0.3) is 31.9 Å². The molecule has 17 rings (SSSR count). The summed E-state index contributed by atoms with van der Waals surface area (Å²) >= 11 is 0. The van der Waals surface area contributed by atoms with E-state index in [9.17, 15) is 0 Å². The van der Waals surface area contributed by atoms with Crippen molar-refractivity contribution in [2.45, 2.75) is 40.0 Å². The second-order valence-corrected chi connectivity index (χ2v) is 33.3. The molecule has 14 nitrogen and oxygen atoms in total. The second-order valence-electron chi connectivity index (χ2n) is 33.3. The smallest absolute Gasteiger partial charge is 0.699 e. The SMILES string of the molecule is Cc1cccc([N-]Cc2ccccc2)n1.[CH2-]c1ccccc1C.[CH2-]c1ccccc1C.[CH2-]c1ccccc1N(C)C.[CH2-]c1ccccc1N(C)C.[CH2-]c1ccccc1N(C)C.[CH2-]c1ccccc1N(C)C.[CH2-]c1ccccc1N(C)C.[CH2-]c1ccccc1N(C)C.[Cr+2].[Cr+2].[Cr+4].[Cr+4].c1ccc(C[N-]c2ccccn2)cc1.c1ccc([N-]C([N-]c2ccccc2)c2ccccc2)cc1.c1ccc([N-]C[N-]c2ccccc2)cc1. The van der Waals surface area contributed by atoms with Gasteiger partial charge in [-0.1, -0.05) is 411 Å². The average Bonchev–Trinajstić information content (AvgIpc) is 0.843. The first-order valence-electron chi connectivity index (χ1n) is 46.6. The van der Waals surface area contributed by atoms with Crippen LogP contribution in [-0.2, 0) is 82.5 Å². The van der Waals surface area contributed by atoms with Gasteiger partial charge in [0.2, 0.25) is 0 Å². The molecule has 15 aromatic carbocycles. The minimum absolute atomic E-state index is 0. The van der Waals surface area contributed by atoms with Crippen LogP contribution < -0.4 is 29.4 Å². The number of rotatable bonds is 21. The number of hydrogen-bond donors (Lipinski definition) is 0. The Kier molecular flexibility index (Phi) is 64.7. The fourth-order valence-electron chi connectivity index (χ4n) is 12.9. The number of hydrogen-bond acceptors (Lipinski definition) is 8. The van der Waals surface area contributed by atoms with E-state index in [4.69, 9.17) is 10.6 Å². The molecule has 0 aliphatic heterocycles. The molecule has 2 aromatic heterocycles. The van der Waals surface area contributed by atoms with E-state index in [-0.39, 0.29) is 75.6 Å². The van der Waals surface area contributed by atoms with Gasteiger partial charge in [0.25, 0.3) is 0 Å². The molecule has 2 heterocycles. The third kappa shape index (κ3) is 52.7. The van der Waals surface area contributed by atoms with Crippen LogP contribution in [0.2, 0.25) is 0 Å². The Bertz CT molecular complexity index is 5540. The number of pyridine rings is 2. The number of nitrogens with zero attached hydrogens (tertiary/aromatic N) is 14. The topological polar surface area (TPSA) is 130 Å². The summed E-state index contributed by atoms with van der Waals surface area (Å²) in [5.74, 6) is 1.59. The van der Waals surface area contributed by atoms with Crippen LogP contribution in [0.5, 0.6) is 0 Å². The maximum Gasteiger partial charge on any atom is 4.00 e. The normalized spacial score (nSPS) is 9.35. The molecule has 0 atom stereocenters. The number of benzene rings is 15. The predicted molar refractivity (Wildman–Crippen MR) is 614 cm³/mol. The fourth-order valence-corrected chi connectivity index (χ4v) is 12.9. The molecule has 17 aromatic rings. The molecule has 18 heteroatoms. The molecule has 0 aliphatic rings. The predicted octanol–water partition coefficient (Wildman–Crippen LogP) is 33.3. The van der Waals surface area contributed by atoms with E-state index in [0.717, 1.165) is 90.2 Å². The third-order valence-corrected chi connectivity index (χ3v) is 20.6. The second kappa shape index (κ2) is 74.2. The van der Waals surface area contributed by atoms with Crippen molar-refractivity contribution < 1.29 is 69.4 Å². The van der Waals surface area contributed by atoms with Crippen molar-refractivity contribution in [3.05, 3.63) is 614 Å². The van der Waals surface area contributed by atoms with Crippen molar-refractivity contribution in [2.75, 3.05) is 121 Å². The minimum atomic E-state index is -0.226. The molecule has 0 amide bonds. The summed E-state index contributed by atoms with van der Waals surface area (Å²) in [4.78, 5) is 20.8. The largest absolute Gasteiger partial charge is 4.00 e. The Morgan fingerprint density at radius 2 is 0.455 bits per heavy atom. The maximum atomic E-state index is 4.76. The summed E-state index contributed by atoms with van der Waals surface area (Å²) in [5.41, 5.74) is 26.6. The van der Waals surface area contributed by atoms with Crippen molar-refractivity contribution >= 4 is 68.5 Å². The molecule has 0 radical (unpaired) electrons. The Morgan fingerprint density at radius 3 is 0.690 bits per heavy atom. The molecule has 0 spiro atoms. The summed E-state index contributed by atoms with van der Waals surface area (Å²) in [6.07, 6.45) is 1.53. The van der Waals surface area contributed by atoms with Crippen molar-refractivity contribution in [3.8, 4) is 0 Å². The molecule has 0 saturated carbocycles. The molecule has 0 N–H and O–H groups in total. The van der Waals surface area contributed by atoms with E-state index in [2.05, 4.69) is 215 Å². The number of aromatic nitrogens is 2. The van der Waals surface area contributed by atoms with Gasteiger partial charge in [-0.3, -0.25) is 0 Å². The molecule has 0 aliphatic carbocycles. The summed E-state index contributed by atoms with van der Waals surface area (Å²) in [6, 6.07) is 146. The van der Waals surface area contributed by atoms with Gasteiger partial charge >= 0.3 is 69.4 Å². The average molecular weight is 2070 g/mol. The van der Waals surface area contributed by atoms with Crippen molar-refractivity contribution in [1.29, 1.82) is 0 Å². The van der Waals surface area contributed by atoms with E-state index in [1.54, 1.807) is 6.20 Å². The standard InChI is InChI=1S/C19H16N2.C13H13N2.C13H12N2.C12H11N2.6C9H12N.2C8H9.4Cr/c1-4-10-16(11-5-1)19(20-17-12-6-2-7-13-17)21-18-14-8-3-9-15-18;1-11-6-5-9-13(15-11)14-10-12-7-3-2-4-8-12;1-3-7-12(8-4-1)14-11-15-13-9-5-2-6-10-13;1-2-6-11(7-3-1)10-14-12-8-4-5-9-13-12;6*1-8-6-4-5-7-9(8)10(2)3;2*1-7-5-3-4-6-8(7)2;;;;/h1-15,19H;2-9H,10H2,1H3;1-10H,11H2;1-9H,10H2;6*4-7H,1H2,2-3H3;2*3-6H,1H2,2H3;;;;/q-2;-1;-2;9*-1;2*+2;2*+4. The van der Waals surface area contributed by atoms with Crippen LogP contribution in [0.3, 0.4) is 0 Å². The fraction of sp³-hybridized carbons (Fsp3) is 0.150. The van der Waals surface area contributed by atoms with Gasteiger partial charge in [0.15, 0.2) is 0 Å². The Morgan fingerprint density at radius 1 is 0.228 bits per heavy atom. The van der Waals surface area contributed by atoms with Gasteiger partial charge in [0.1, 0.15) is 0 Å². The van der Waals surface area contributed by atoms with Crippen molar-refractivity contribution in [3.63, 3.8) is 0 Å². The van der Waals surface area contributed by atoms with E-state index in [1.165, 1.54) is 56.4 Å². The summed E-state index contributed by atoms with van der Waals surface area (Å²) in [6.45, 7) is 39.0. The van der Waals surface area contributed by atoms with Crippen LogP contribution in [0, 0.1) is 76.2 Å². The molecule has 0 bridgehead atoms. The Labute approximate surface area is 915 Å². The molecular weight excluding hydrogens is 1930 g/mol. The molecule has 746 valence electrons. The summed E-state index contributed by atoms with van der Waals surface area (Å²) in [5, 5.41) is 27.0. The van der Waals surface area contributed by atoms with Crippen LogP contribution in [0.1, 0.15) is 84.2 Å². The molecule has 0 saturated heterocycles. The molecule has 0 fully saturated rings. The van der Waals surface area contributed by atoms with Crippen molar-refractivity contribution in [1.82, 2.24) is 9.97 Å². The Hall–Kier alpha value is -14.7. The monoisotopic (exact) mass is 2070 g/mol. The van der Waals surface area contributed by atoms with E-state index in [0.29, 0.717) is 19.8 Å². The van der Waals surface area contributed by atoms with Gasteiger partial charge in [-0.25, -0.2) is 6.67 Å². The molecule has 145 heavy (non-hydrogen) atoms. The van der Waals surface area contributed by atoms with Gasteiger partial charge in [-0.05, 0) is 116 Å². The molecule has 0 unspecified atom stereocenters. The third-order valence-electron chi connectivity index (χ3n) is 20.6. The molecular formula is C127H142Cr4N14-2. The quantitative estimate of drug-likeness (QED) is 0.0650. The maximum absolute atomic E-state index is 4.76. The van der Waals surface area contributed by atoms with Crippen LogP contribution in [-0.4, -0.2) is 101 Å². The van der Waals surface area contributed by atoms with Crippen LogP contribution in [0.4, 0.5) is 68.5 Å². The number of anilines is 6. The van der Waals surface area contributed by atoms with Gasteiger partial charge in [0, 0.05) is 0 Å². The van der Waals surface area contributed by atoms with Gasteiger partial charge in [-0.2, -0.15) is 166 Å². The zero-order valence-electron chi connectivity index (χ0n) is 87.0. The van der Waals surface area contributed by atoms with Crippen LogP contribution >= 0.6 is 0 Å². The number of aryl methyl sites for hydroxylation is 3. The van der Waals surface area contributed by atoms with E-state index in [1.807, 2.05) is 449 Å². The first-order valence-corrected chi connectivity index (χ1v) is 46.6. The first-order chi connectivity index (χ1) is 68.1. The number of para-hydroxylation sites is 10. The first kappa shape index (κ1) is 126. The van der Waals surface area contributed by atoms with Gasteiger partial charge < -0.3 is 71.3 Å². The summed E-state index contributed by atoms with van der Waals surface area (Å²) in [7, 11) is 24.2. The van der Waals surface area contributed by atoms with Gasteiger partial charge in [0.05, 0.1) is 0 Å². The van der Waals surface area contributed by atoms with E-state index >= 15 is 0 Å². The Balaban J connectivity index is 0.000000539. The zero-order chi connectivity index (χ0) is 102. The zero-order valence-corrected chi connectivity index (χ0v) is 92.1. The van der Waals surface area contributed by atoms with Crippen LogP contribution in [0.15, 0.2) is 449 Å². The van der Waals surface area contributed by atoms with Gasteiger partial charge in [-0.15, -0.1) is 83.4 Å². The summed E-state index contributed by atoms with van der Waals surface area (Å²) < 4.78 is 0.